The molecule has 0 radical (unpaired) electrons. The lowest BCUT2D eigenvalue weighted by Crippen LogP contribution is -2.21. The molecule has 128 valence electrons. The first-order chi connectivity index (χ1) is 12.1. The molecular weight excluding hydrogens is 336 g/mol. The predicted molar refractivity (Wildman–Crippen MR) is 95.8 cm³/mol. The Morgan fingerprint density at radius 3 is 2.88 bits per heavy atom. The monoisotopic (exact) mass is 354 g/mol. The van der Waals surface area contributed by atoms with E-state index >= 15 is 0 Å². The first-order valence-corrected chi connectivity index (χ1v) is 8.98. The highest BCUT2D eigenvalue weighted by molar-refractivity contribution is 7.16. The highest BCUT2D eigenvalue weighted by Gasteiger charge is 2.22. The summed E-state index contributed by atoms with van der Waals surface area (Å²) in [5.74, 6) is -0.971. The van der Waals surface area contributed by atoms with E-state index < -0.39 is 11.9 Å². The largest absolute Gasteiger partial charge is 0.452 e. The number of nitrogens with one attached hydrogen (secondary N) is 1. The van der Waals surface area contributed by atoms with Crippen LogP contribution in [0.2, 0.25) is 0 Å². The molecule has 2 aromatic rings. The van der Waals surface area contributed by atoms with Crippen LogP contribution in [-0.4, -0.2) is 18.5 Å². The van der Waals surface area contributed by atoms with Gasteiger partial charge < -0.3 is 10.1 Å². The summed E-state index contributed by atoms with van der Waals surface area (Å²) in [7, 11) is 0. The Bertz CT molecular complexity index is 864. The second kappa shape index (κ2) is 7.49. The summed E-state index contributed by atoms with van der Waals surface area (Å²) in [4.78, 5) is 25.3. The van der Waals surface area contributed by atoms with E-state index in [1.807, 2.05) is 13.0 Å². The zero-order valence-corrected chi connectivity index (χ0v) is 14.7. The molecule has 6 heteroatoms. The number of hydrogen-bond donors (Lipinski definition) is 1. The fourth-order valence-corrected chi connectivity index (χ4v) is 4.18. The Morgan fingerprint density at radius 2 is 2.12 bits per heavy atom. The maximum Gasteiger partial charge on any atom is 0.338 e. The van der Waals surface area contributed by atoms with Crippen molar-refractivity contribution in [3.63, 3.8) is 0 Å². The van der Waals surface area contributed by atoms with E-state index in [0.29, 0.717) is 16.1 Å². The molecule has 25 heavy (non-hydrogen) atoms. The molecule has 0 fully saturated rings. The van der Waals surface area contributed by atoms with Crippen molar-refractivity contribution in [3.05, 3.63) is 51.4 Å². The van der Waals surface area contributed by atoms with Gasteiger partial charge in [0.2, 0.25) is 0 Å². The second-order valence-electron chi connectivity index (χ2n) is 6.02. The van der Waals surface area contributed by atoms with Gasteiger partial charge in [-0.2, -0.15) is 5.26 Å². The molecule has 0 saturated carbocycles. The lowest BCUT2D eigenvalue weighted by atomic mass is 9.96. The topological polar surface area (TPSA) is 79.2 Å². The van der Waals surface area contributed by atoms with Crippen molar-refractivity contribution in [2.24, 2.45) is 0 Å². The van der Waals surface area contributed by atoms with Crippen LogP contribution in [0, 0.1) is 18.3 Å². The average molecular weight is 354 g/mol. The van der Waals surface area contributed by atoms with Gasteiger partial charge in [-0.05, 0) is 50.3 Å². The molecule has 0 bridgehead atoms. The number of amides is 1. The number of nitrogens with zero attached hydrogens (tertiary/aromatic N) is 1. The zero-order chi connectivity index (χ0) is 17.8. The predicted octanol–water partition coefficient (Wildman–Crippen LogP) is 3.60. The van der Waals surface area contributed by atoms with Gasteiger partial charge in [0, 0.05) is 4.88 Å². The summed E-state index contributed by atoms with van der Waals surface area (Å²) in [5.41, 5.74) is 2.97. The van der Waals surface area contributed by atoms with Crippen molar-refractivity contribution >= 4 is 28.2 Å². The Labute approximate surface area is 150 Å². The van der Waals surface area contributed by atoms with Crippen molar-refractivity contribution in [1.82, 2.24) is 0 Å². The number of hydrogen-bond acceptors (Lipinski definition) is 5. The van der Waals surface area contributed by atoms with Crippen LogP contribution < -0.4 is 5.32 Å². The lowest BCUT2D eigenvalue weighted by molar-refractivity contribution is -0.119. The van der Waals surface area contributed by atoms with Gasteiger partial charge in [-0.3, -0.25) is 4.79 Å². The Kier molecular flexibility index (Phi) is 5.15. The van der Waals surface area contributed by atoms with Crippen LogP contribution in [0.1, 0.15) is 44.8 Å². The summed E-state index contributed by atoms with van der Waals surface area (Å²) < 4.78 is 5.06. The fraction of sp³-hybridized carbons (Fsp3) is 0.316. The number of carbonyl (C=O) groups excluding carboxylic acids is 2. The molecular formula is C19H18N2O3S. The minimum atomic E-state index is -0.537. The van der Waals surface area contributed by atoms with E-state index in [1.165, 1.54) is 16.2 Å². The molecule has 0 atom stereocenters. The summed E-state index contributed by atoms with van der Waals surface area (Å²) in [6, 6.07) is 9.20. The highest BCUT2D eigenvalue weighted by atomic mass is 32.1. The van der Waals surface area contributed by atoms with Crippen molar-refractivity contribution in [3.8, 4) is 6.07 Å². The van der Waals surface area contributed by atoms with Crippen molar-refractivity contribution < 1.29 is 14.3 Å². The van der Waals surface area contributed by atoms with E-state index in [0.717, 1.165) is 36.8 Å². The van der Waals surface area contributed by atoms with Gasteiger partial charge in [0.15, 0.2) is 6.61 Å². The molecule has 0 unspecified atom stereocenters. The number of benzene rings is 1. The molecule has 1 heterocycles. The van der Waals surface area contributed by atoms with Crippen LogP contribution in [0.15, 0.2) is 24.3 Å². The van der Waals surface area contributed by atoms with E-state index in [-0.39, 0.29) is 6.61 Å². The van der Waals surface area contributed by atoms with Gasteiger partial charge in [-0.1, -0.05) is 17.7 Å². The Morgan fingerprint density at radius 1 is 1.32 bits per heavy atom. The number of fused-ring (bicyclic) bond motifs is 1. The first-order valence-electron chi connectivity index (χ1n) is 8.16. The first kappa shape index (κ1) is 17.2. The second-order valence-corrected chi connectivity index (χ2v) is 7.13. The van der Waals surface area contributed by atoms with Gasteiger partial charge in [-0.15, -0.1) is 11.3 Å². The third-order valence-electron chi connectivity index (χ3n) is 4.12. The summed E-state index contributed by atoms with van der Waals surface area (Å²) in [5, 5.41) is 12.7. The zero-order valence-electron chi connectivity index (χ0n) is 13.9. The van der Waals surface area contributed by atoms with Gasteiger partial charge >= 0.3 is 5.97 Å². The number of thiophene rings is 1. The minimum absolute atomic E-state index is 0.375. The minimum Gasteiger partial charge on any atom is -0.452 e. The standard InChI is InChI=1S/C19H18N2O3S/c1-12-5-4-6-13(9-12)19(23)24-11-17(22)21-18-15(10-20)14-7-2-3-8-16(14)25-18/h4-6,9H,2-3,7-8,11H2,1H3,(H,21,22). The molecule has 0 spiro atoms. The third kappa shape index (κ3) is 3.89. The summed E-state index contributed by atoms with van der Waals surface area (Å²) >= 11 is 1.45. The fourth-order valence-electron chi connectivity index (χ4n) is 2.92. The number of rotatable bonds is 4. The Balaban J connectivity index is 1.63. The average Bonchev–Trinajstić information content (AvgIpc) is 2.96. The molecule has 1 aromatic heterocycles. The maximum absolute atomic E-state index is 12.1. The Hall–Kier alpha value is -2.65. The lowest BCUT2D eigenvalue weighted by Gasteiger charge is -2.09. The molecule has 5 nitrogen and oxygen atoms in total. The van der Waals surface area contributed by atoms with Gasteiger partial charge in [-0.25, -0.2) is 4.79 Å². The van der Waals surface area contributed by atoms with Crippen LogP contribution >= 0.6 is 11.3 Å². The molecule has 3 rings (SSSR count). The van der Waals surface area contributed by atoms with Crippen LogP contribution in [0.4, 0.5) is 5.00 Å². The van der Waals surface area contributed by atoms with Crippen molar-refractivity contribution in [2.45, 2.75) is 32.6 Å². The van der Waals surface area contributed by atoms with E-state index in [1.54, 1.807) is 18.2 Å². The van der Waals surface area contributed by atoms with Crippen molar-refractivity contribution in [1.29, 1.82) is 5.26 Å². The smallest absolute Gasteiger partial charge is 0.338 e. The van der Waals surface area contributed by atoms with E-state index in [2.05, 4.69) is 11.4 Å². The molecule has 1 amide bonds. The molecule has 0 saturated heterocycles. The number of nitriles is 1. The number of aryl methyl sites for hydroxylation is 2. The molecule has 1 aliphatic carbocycles. The third-order valence-corrected chi connectivity index (χ3v) is 5.33. The SMILES string of the molecule is Cc1cccc(C(=O)OCC(=O)Nc2sc3c(c2C#N)CCCC3)c1. The van der Waals surface area contributed by atoms with Crippen LogP contribution in [0.5, 0.6) is 0 Å². The molecule has 0 aliphatic heterocycles. The van der Waals surface area contributed by atoms with Gasteiger partial charge in [0.1, 0.15) is 11.1 Å². The van der Waals surface area contributed by atoms with Crippen molar-refractivity contribution in [2.75, 3.05) is 11.9 Å². The van der Waals surface area contributed by atoms with E-state index in [9.17, 15) is 14.9 Å². The summed E-state index contributed by atoms with van der Waals surface area (Å²) in [6.07, 6.45) is 4.01. The van der Waals surface area contributed by atoms with Crippen LogP contribution in [0.3, 0.4) is 0 Å². The summed E-state index contributed by atoms with van der Waals surface area (Å²) in [6.45, 7) is 1.51. The van der Waals surface area contributed by atoms with Gasteiger partial charge in [0.25, 0.3) is 5.91 Å². The maximum atomic E-state index is 12.1. The van der Waals surface area contributed by atoms with Gasteiger partial charge in [0.05, 0.1) is 11.1 Å². The number of anilines is 1. The number of esters is 1. The number of ether oxygens (including phenoxy) is 1. The normalized spacial score (nSPS) is 12.8. The highest BCUT2D eigenvalue weighted by Crippen LogP contribution is 2.37. The van der Waals surface area contributed by atoms with Crippen LogP contribution in [-0.2, 0) is 22.4 Å². The quantitative estimate of drug-likeness (QED) is 0.851. The number of carbonyl (C=O) groups is 2. The van der Waals surface area contributed by atoms with E-state index in [4.69, 9.17) is 4.74 Å². The van der Waals surface area contributed by atoms with Crippen LogP contribution in [0.25, 0.3) is 0 Å². The molecule has 1 N–H and O–H groups in total. The molecule has 1 aromatic carbocycles. The molecule has 1 aliphatic rings.